The highest BCUT2D eigenvalue weighted by molar-refractivity contribution is 5.78. The molecule has 3 aromatic rings. The van der Waals surface area contributed by atoms with Gasteiger partial charge in [0.25, 0.3) is 0 Å². The summed E-state index contributed by atoms with van der Waals surface area (Å²) < 4.78 is 1.93. The molecule has 0 aliphatic heterocycles. The summed E-state index contributed by atoms with van der Waals surface area (Å²) in [6.07, 6.45) is 7.18. The first-order valence-electron chi connectivity index (χ1n) is 7.04. The Labute approximate surface area is 129 Å². The van der Waals surface area contributed by atoms with E-state index in [4.69, 9.17) is 10.8 Å². The van der Waals surface area contributed by atoms with Crippen LogP contribution in [0.3, 0.4) is 0 Å². The van der Waals surface area contributed by atoms with Gasteiger partial charge in [0.2, 0.25) is 5.95 Å². The number of pyridine rings is 1. The van der Waals surface area contributed by atoms with Crippen LogP contribution in [0.25, 0.3) is 22.5 Å². The maximum Gasteiger partial charge on any atom is 0.220 e. The third-order valence-electron chi connectivity index (χ3n) is 3.29. The molecule has 22 heavy (non-hydrogen) atoms. The Hall–Kier alpha value is -2.76. The Morgan fingerprint density at radius 3 is 2.59 bits per heavy atom. The number of anilines is 1. The average Bonchev–Trinajstić information content (AvgIpc) is 2.93. The first-order chi connectivity index (χ1) is 10.4. The van der Waals surface area contributed by atoms with Gasteiger partial charge in [-0.15, -0.1) is 0 Å². The molecule has 0 saturated heterocycles. The van der Waals surface area contributed by atoms with Gasteiger partial charge in [0.1, 0.15) is 5.69 Å². The first-order valence-corrected chi connectivity index (χ1v) is 7.04. The third kappa shape index (κ3) is 2.67. The van der Waals surface area contributed by atoms with E-state index in [9.17, 15) is 0 Å². The van der Waals surface area contributed by atoms with Gasteiger partial charge in [0, 0.05) is 35.9 Å². The highest BCUT2D eigenvalue weighted by Crippen LogP contribution is 2.31. The fourth-order valence-corrected chi connectivity index (χ4v) is 2.14. The van der Waals surface area contributed by atoms with E-state index >= 15 is 0 Å². The van der Waals surface area contributed by atoms with Gasteiger partial charge in [-0.05, 0) is 39.0 Å². The summed E-state index contributed by atoms with van der Waals surface area (Å²) >= 11 is 0. The average molecular weight is 294 g/mol. The Bertz CT molecular complexity index is 786. The molecule has 0 fully saturated rings. The van der Waals surface area contributed by atoms with Gasteiger partial charge < -0.3 is 5.73 Å². The number of hydrogen-bond acceptors (Lipinski definition) is 5. The van der Waals surface area contributed by atoms with E-state index in [0.29, 0.717) is 0 Å². The standard InChI is InChI=1S/C16H18N6/c1-16(2,3)22-10-12(13-6-8-19-15(17)20-13)14(21-22)11-5-4-7-18-9-11/h4-10H,1-3H3,(H2,17,19,20). The number of nitrogens with two attached hydrogens (primary N) is 1. The highest BCUT2D eigenvalue weighted by atomic mass is 15.3. The minimum atomic E-state index is -0.131. The zero-order chi connectivity index (χ0) is 15.7. The molecule has 6 nitrogen and oxygen atoms in total. The molecule has 0 aromatic carbocycles. The fourth-order valence-electron chi connectivity index (χ4n) is 2.14. The van der Waals surface area contributed by atoms with Crippen molar-refractivity contribution in [1.82, 2.24) is 24.7 Å². The molecule has 3 rings (SSSR count). The summed E-state index contributed by atoms with van der Waals surface area (Å²) in [5, 5.41) is 4.73. The topological polar surface area (TPSA) is 82.5 Å². The summed E-state index contributed by atoms with van der Waals surface area (Å²) in [5.41, 5.74) is 9.03. The van der Waals surface area contributed by atoms with Gasteiger partial charge in [-0.1, -0.05) is 0 Å². The second-order valence-corrected chi connectivity index (χ2v) is 6.05. The van der Waals surface area contributed by atoms with Gasteiger partial charge in [0.05, 0.1) is 11.2 Å². The van der Waals surface area contributed by atoms with Crippen molar-refractivity contribution < 1.29 is 0 Å². The minimum Gasteiger partial charge on any atom is -0.368 e. The number of rotatable bonds is 2. The molecule has 0 unspecified atom stereocenters. The van der Waals surface area contributed by atoms with Crippen molar-refractivity contribution in [1.29, 1.82) is 0 Å². The van der Waals surface area contributed by atoms with Crippen LogP contribution >= 0.6 is 0 Å². The lowest BCUT2D eigenvalue weighted by Gasteiger charge is -2.18. The molecule has 0 radical (unpaired) electrons. The summed E-state index contributed by atoms with van der Waals surface area (Å²) in [7, 11) is 0. The van der Waals surface area contributed by atoms with Crippen molar-refractivity contribution in [2.75, 3.05) is 5.73 Å². The van der Waals surface area contributed by atoms with Crippen LogP contribution in [0.15, 0.2) is 43.0 Å². The summed E-state index contributed by atoms with van der Waals surface area (Å²) in [4.78, 5) is 12.4. The minimum absolute atomic E-state index is 0.131. The van der Waals surface area contributed by atoms with Gasteiger partial charge >= 0.3 is 0 Å². The normalized spacial score (nSPS) is 11.6. The van der Waals surface area contributed by atoms with E-state index in [1.165, 1.54) is 0 Å². The Morgan fingerprint density at radius 1 is 1.14 bits per heavy atom. The van der Waals surface area contributed by atoms with Crippen LogP contribution in [-0.4, -0.2) is 24.7 Å². The van der Waals surface area contributed by atoms with Crippen molar-refractivity contribution in [3.05, 3.63) is 43.0 Å². The molecule has 0 aliphatic rings. The van der Waals surface area contributed by atoms with Gasteiger partial charge in [0.15, 0.2) is 0 Å². The van der Waals surface area contributed by atoms with Gasteiger partial charge in [-0.3, -0.25) is 9.67 Å². The Balaban J connectivity index is 2.22. The first kappa shape index (κ1) is 14.2. The molecular formula is C16H18N6. The predicted molar refractivity (Wildman–Crippen MR) is 85.9 cm³/mol. The summed E-state index contributed by atoms with van der Waals surface area (Å²) in [6, 6.07) is 5.71. The van der Waals surface area contributed by atoms with Crippen LogP contribution in [0, 0.1) is 0 Å². The lowest BCUT2D eigenvalue weighted by molar-refractivity contribution is 0.356. The molecule has 0 bridgehead atoms. The Morgan fingerprint density at radius 2 is 1.95 bits per heavy atom. The summed E-state index contributed by atoms with van der Waals surface area (Å²) in [6.45, 7) is 6.31. The van der Waals surface area contributed by atoms with Crippen LogP contribution in [0.2, 0.25) is 0 Å². The van der Waals surface area contributed by atoms with Crippen molar-refractivity contribution in [2.24, 2.45) is 0 Å². The van der Waals surface area contributed by atoms with Gasteiger partial charge in [-0.25, -0.2) is 9.97 Å². The summed E-state index contributed by atoms with van der Waals surface area (Å²) in [5.74, 6) is 0.248. The largest absolute Gasteiger partial charge is 0.368 e. The molecule has 0 saturated carbocycles. The monoisotopic (exact) mass is 294 g/mol. The van der Waals surface area contributed by atoms with Crippen LogP contribution in [0.1, 0.15) is 20.8 Å². The maximum atomic E-state index is 5.72. The predicted octanol–water partition coefficient (Wildman–Crippen LogP) is 2.74. The molecule has 0 amide bonds. The molecule has 6 heteroatoms. The molecule has 3 heterocycles. The molecule has 0 spiro atoms. The second kappa shape index (κ2) is 5.22. The second-order valence-electron chi connectivity index (χ2n) is 6.05. The van der Waals surface area contributed by atoms with Crippen LogP contribution in [0.5, 0.6) is 0 Å². The van der Waals surface area contributed by atoms with Crippen LogP contribution in [0.4, 0.5) is 5.95 Å². The van der Waals surface area contributed by atoms with Crippen molar-refractivity contribution >= 4 is 5.95 Å². The molecule has 0 aliphatic carbocycles. The van der Waals surface area contributed by atoms with E-state index in [-0.39, 0.29) is 11.5 Å². The third-order valence-corrected chi connectivity index (χ3v) is 3.29. The number of aromatic nitrogens is 5. The molecule has 3 aromatic heterocycles. The van der Waals surface area contributed by atoms with Crippen molar-refractivity contribution in [2.45, 2.75) is 26.3 Å². The Kier molecular flexibility index (Phi) is 3.36. The van der Waals surface area contributed by atoms with E-state index in [2.05, 4.69) is 35.7 Å². The molecule has 0 atom stereocenters. The maximum absolute atomic E-state index is 5.72. The van der Waals surface area contributed by atoms with E-state index in [1.54, 1.807) is 18.6 Å². The van der Waals surface area contributed by atoms with Gasteiger partial charge in [-0.2, -0.15) is 5.10 Å². The smallest absolute Gasteiger partial charge is 0.220 e. The molecule has 112 valence electrons. The van der Waals surface area contributed by atoms with Crippen LogP contribution in [-0.2, 0) is 5.54 Å². The number of nitrogen functional groups attached to an aromatic ring is 1. The zero-order valence-electron chi connectivity index (χ0n) is 12.9. The van der Waals surface area contributed by atoms with Crippen LogP contribution < -0.4 is 5.73 Å². The van der Waals surface area contributed by atoms with E-state index < -0.39 is 0 Å². The lowest BCUT2D eigenvalue weighted by Crippen LogP contribution is -2.22. The van der Waals surface area contributed by atoms with Crippen molar-refractivity contribution in [3.63, 3.8) is 0 Å². The quantitative estimate of drug-likeness (QED) is 0.785. The fraction of sp³-hybridized carbons (Fsp3) is 0.250. The molecule has 2 N–H and O–H groups in total. The van der Waals surface area contributed by atoms with Crippen molar-refractivity contribution in [3.8, 4) is 22.5 Å². The number of hydrogen-bond donors (Lipinski definition) is 1. The molecular weight excluding hydrogens is 276 g/mol. The van der Waals surface area contributed by atoms with E-state index in [1.807, 2.05) is 29.1 Å². The zero-order valence-corrected chi connectivity index (χ0v) is 12.9. The van der Waals surface area contributed by atoms with E-state index in [0.717, 1.165) is 22.5 Å². The lowest BCUT2D eigenvalue weighted by atomic mass is 10.1. The highest BCUT2D eigenvalue weighted by Gasteiger charge is 2.20. The SMILES string of the molecule is CC(C)(C)n1cc(-c2ccnc(N)n2)c(-c2cccnc2)n1. The number of nitrogens with zero attached hydrogens (tertiary/aromatic N) is 5.